The highest BCUT2D eigenvalue weighted by Gasteiger charge is 2.19. The van der Waals surface area contributed by atoms with Crippen LogP contribution in [0.1, 0.15) is 0 Å². The molecule has 8 aromatic rings. The SMILES string of the molecule is Cn1c(-c2cccc3c2oc2c(-c4cc(-c5ccccc5)nc(-c5ccccc5)c4)cccc23)nc2ccccc21. The zero-order valence-corrected chi connectivity index (χ0v) is 22.5. The minimum Gasteiger partial charge on any atom is -0.455 e. The Labute approximate surface area is 237 Å². The van der Waals surface area contributed by atoms with E-state index in [1.54, 1.807) is 0 Å². The van der Waals surface area contributed by atoms with Crippen molar-refractivity contribution in [1.82, 2.24) is 14.5 Å². The number of aromatic nitrogens is 3. The van der Waals surface area contributed by atoms with Crippen molar-refractivity contribution < 1.29 is 4.42 Å². The van der Waals surface area contributed by atoms with Gasteiger partial charge in [-0.3, -0.25) is 0 Å². The van der Waals surface area contributed by atoms with Crippen molar-refractivity contribution >= 4 is 33.0 Å². The maximum atomic E-state index is 6.79. The van der Waals surface area contributed by atoms with Gasteiger partial charge in [-0.1, -0.05) is 103 Å². The summed E-state index contributed by atoms with van der Waals surface area (Å²) in [6.07, 6.45) is 0. The van der Waals surface area contributed by atoms with Gasteiger partial charge in [0.1, 0.15) is 17.0 Å². The molecule has 0 spiro atoms. The summed E-state index contributed by atoms with van der Waals surface area (Å²) in [5.74, 6) is 0.888. The minimum absolute atomic E-state index is 0.842. The van der Waals surface area contributed by atoms with Crippen molar-refractivity contribution in [2.75, 3.05) is 0 Å². The number of benzene rings is 5. The summed E-state index contributed by atoms with van der Waals surface area (Å²) in [4.78, 5) is 10.0. The fourth-order valence-corrected chi connectivity index (χ4v) is 5.81. The Morgan fingerprint density at radius 2 is 1.07 bits per heavy atom. The van der Waals surface area contributed by atoms with Gasteiger partial charge in [-0.25, -0.2) is 9.97 Å². The molecule has 0 aliphatic rings. The predicted octanol–water partition coefficient (Wildman–Crippen LogP) is 9.54. The monoisotopic (exact) mass is 527 g/mol. The van der Waals surface area contributed by atoms with E-state index in [9.17, 15) is 0 Å². The van der Waals surface area contributed by atoms with Crippen LogP contribution in [0.25, 0.3) is 78.0 Å². The molecule has 0 radical (unpaired) electrons. The van der Waals surface area contributed by atoms with Gasteiger partial charge >= 0.3 is 0 Å². The van der Waals surface area contributed by atoms with E-state index in [-0.39, 0.29) is 0 Å². The second-order valence-electron chi connectivity index (χ2n) is 10.3. The van der Waals surface area contributed by atoms with Crippen molar-refractivity contribution in [3.8, 4) is 45.0 Å². The number of furan rings is 1. The number of aryl methyl sites for hydroxylation is 1. The van der Waals surface area contributed by atoms with E-state index in [1.807, 2.05) is 30.3 Å². The lowest BCUT2D eigenvalue weighted by molar-refractivity contribution is 0.670. The number of fused-ring (bicyclic) bond motifs is 4. The summed E-state index contributed by atoms with van der Waals surface area (Å²) in [7, 11) is 2.06. The van der Waals surface area contributed by atoms with Crippen molar-refractivity contribution in [1.29, 1.82) is 0 Å². The third-order valence-electron chi connectivity index (χ3n) is 7.83. The Bertz CT molecular complexity index is 2150. The van der Waals surface area contributed by atoms with E-state index < -0.39 is 0 Å². The molecule has 0 amide bonds. The molecular weight excluding hydrogens is 502 g/mol. The molecule has 0 unspecified atom stereocenters. The molecule has 4 heteroatoms. The summed E-state index contributed by atoms with van der Waals surface area (Å²) >= 11 is 0. The fraction of sp³-hybridized carbons (Fsp3) is 0.0270. The van der Waals surface area contributed by atoms with Crippen LogP contribution in [0.4, 0.5) is 0 Å². The zero-order chi connectivity index (χ0) is 27.3. The first-order valence-corrected chi connectivity index (χ1v) is 13.7. The van der Waals surface area contributed by atoms with Crippen LogP contribution in [0.15, 0.2) is 138 Å². The van der Waals surface area contributed by atoms with Crippen LogP contribution >= 0.6 is 0 Å². The predicted molar refractivity (Wildman–Crippen MR) is 168 cm³/mol. The van der Waals surface area contributed by atoms with Crippen molar-refractivity contribution in [3.63, 3.8) is 0 Å². The average Bonchev–Trinajstić information content (AvgIpc) is 3.59. The molecule has 8 rings (SSSR count). The van der Waals surface area contributed by atoms with E-state index in [0.717, 1.165) is 78.0 Å². The highest BCUT2D eigenvalue weighted by Crippen LogP contribution is 2.41. The molecule has 0 aliphatic carbocycles. The van der Waals surface area contributed by atoms with Gasteiger partial charge in [-0.05, 0) is 35.9 Å². The number of hydrogen-bond acceptors (Lipinski definition) is 3. The minimum atomic E-state index is 0.842. The number of para-hydroxylation sites is 4. The third-order valence-corrected chi connectivity index (χ3v) is 7.83. The average molecular weight is 528 g/mol. The first kappa shape index (κ1) is 23.4. The summed E-state index contributed by atoms with van der Waals surface area (Å²) < 4.78 is 8.93. The molecule has 0 atom stereocenters. The molecule has 0 saturated heterocycles. The van der Waals surface area contributed by atoms with Gasteiger partial charge in [0.2, 0.25) is 0 Å². The lowest BCUT2D eigenvalue weighted by atomic mass is 9.98. The molecule has 41 heavy (non-hydrogen) atoms. The molecule has 3 heterocycles. The van der Waals surface area contributed by atoms with Crippen LogP contribution in [-0.2, 0) is 7.05 Å². The third kappa shape index (κ3) is 3.84. The molecule has 0 bridgehead atoms. The highest BCUT2D eigenvalue weighted by atomic mass is 16.3. The van der Waals surface area contributed by atoms with Crippen LogP contribution in [0.3, 0.4) is 0 Å². The van der Waals surface area contributed by atoms with Crippen LogP contribution in [-0.4, -0.2) is 14.5 Å². The van der Waals surface area contributed by atoms with Gasteiger partial charge in [0, 0.05) is 34.5 Å². The lowest BCUT2D eigenvalue weighted by Gasteiger charge is -2.10. The Morgan fingerprint density at radius 3 is 1.71 bits per heavy atom. The first-order chi connectivity index (χ1) is 20.2. The van der Waals surface area contributed by atoms with Gasteiger partial charge in [-0.15, -0.1) is 0 Å². The molecule has 4 nitrogen and oxygen atoms in total. The smallest absolute Gasteiger partial charge is 0.146 e. The first-order valence-electron chi connectivity index (χ1n) is 13.7. The topological polar surface area (TPSA) is 43.9 Å². The van der Waals surface area contributed by atoms with Gasteiger partial charge in [-0.2, -0.15) is 0 Å². The second kappa shape index (κ2) is 9.32. The second-order valence-corrected chi connectivity index (χ2v) is 10.3. The summed E-state index contributed by atoms with van der Waals surface area (Å²) in [6.45, 7) is 0. The maximum Gasteiger partial charge on any atom is 0.146 e. The molecule has 0 N–H and O–H groups in total. The molecule has 0 fully saturated rings. The maximum absolute atomic E-state index is 6.79. The summed E-state index contributed by atoms with van der Waals surface area (Å²) in [5, 5.41) is 2.16. The van der Waals surface area contributed by atoms with Crippen LogP contribution in [0.2, 0.25) is 0 Å². The lowest BCUT2D eigenvalue weighted by Crippen LogP contribution is -1.92. The number of nitrogens with zero attached hydrogens (tertiary/aromatic N) is 3. The molecule has 0 aliphatic heterocycles. The van der Waals surface area contributed by atoms with E-state index in [1.165, 1.54) is 0 Å². The Balaban J connectivity index is 1.37. The van der Waals surface area contributed by atoms with Crippen LogP contribution in [0.5, 0.6) is 0 Å². The van der Waals surface area contributed by atoms with Gasteiger partial charge < -0.3 is 8.98 Å². The Morgan fingerprint density at radius 1 is 0.512 bits per heavy atom. The zero-order valence-electron chi connectivity index (χ0n) is 22.5. The molecular formula is C37H25N3O. The van der Waals surface area contributed by atoms with Crippen LogP contribution < -0.4 is 0 Å². The molecule has 0 saturated carbocycles. The number of rotatable bonds is 4. The highest BCUT2D eigenvalue weighted by molar-refractivity contribution is 6.13. The fourth-order valence-electron chi connectivity index (χ4n) is 5.81. The summed E-state index contributed by atoms with van der Waals surface area (Å²) in [5.41, 5.74) is 10.8. The van der Waals surface area contributed by atoms with E-state index in [2.05, 4.69) is 115 Å². The van der Waals surface area contributed by atoms with Crippen molar-refractivity contribution in [2.24, 2.45) is 7.05 Å². The largest absolute Gasteiger partial charge is 0.455 e. The molecule has 5 aromatic carbocycles. The van der Waals surface area contributed by atoms with Gasteiger partial charge in [0.05, 0.1) is 28.0 Å². The molecule has 3 aromatic heterocycles. The number of pyridine rings is 1. The van der Waals surface area contributed by atoms with E-state index >= 15 is 0 Å². The Kier molecular flexibility index (Phi) is 5.32. The normalized spacial score (nSPS) is 11.5. The Hall–Kier alpha value is -5.48. The number of imidazole rings is 1. The van der Waals surface area contributed by atoms with E-state index in [4.69, 9.17) is 14.4 Å². The van der Waals surface area contributed by atoms with Gasteiger partial charge in [0.25, 0.3) is 0 Å². The molecule has 194 valence electrons. The van der Waals surface area contributed by atoms with Crippen LogP contribution in [0, 0.1) is 0 Å². The standard InChI is InChI=1S/C37H25N3O/c1-40-34-21-9-8-20-31(34)39-37(40)30-19-11-18-29-28-17-10-16-27(35(28)41-36(29)30)26-22-32(24-12-4-2-5-13-24)38-33(23-26)25-14-6-3-7-15-25/h2-23H,1H3. The summed E-state index contributed by atoms with van der Waals surface area (Å²) in [6, 6.07) is 45.9. The number of hydrogen-bond donors (Lipinski definition) is 0. The van der Waals surface area contributed by atoms with Crippen molar-refractivity contribution in [3.05, 3.63) is 133 Å². The quantitative estimate of drug-likeness (QED) is 0.229. The van der Waals surface area contributed by atoms with Crippen molar-refractivity contribution in [2.45, 2.75) is 0 Å². The van der Waals surface area contributed by atoms with E-state index in [0.29, 0.717) is 0 Å². The van der Waals surface area contributed by atoms with Gasteiger partial charge in [0.15, 0.2) is 0 Å².